The topological polar surface area (TPSA) is 77.1 Å². The minimum absolute atomic E-state index is 0.103. The third kappa shape index (κ3) is 4.36. The van der Waals surface area contributed by atoms with Gasteiger partial charge in [-0.2, -0.15) is 23.4 Å². The summed E-state index contributed by atoms with van der Waals surface area (Å²) < 4.78 is 55.0. The number of hydrogen-bond donors (Lipinski definition) is 1. The van der Waals surface area contributed by atoms with E-state index in [2.05, 4.69) is 20.5 Å². The van der Waals surface area contributed by atoms with Gasteiger partial charge in [0.2, 0.25) is 0 Å². The van der Waals surface area contributed by atoms with Crippen LogP contribution in [0.15, 0.2) is 42.6 Å². The summed E-state index contributed by atoms with van der Waals surface area (Å²) in [4.78, 5) is 16.5. The Hall–Kier alpha value is -3.47. The molecular weight excluding hydrogens is 440 g/mol. The second kappa shape index (κ2) is 7.65. The number of amides is 1. The largest absolute Gasteiger partial charge is 0.433 e. The van der Waals surface area contributed by atoms with Crippen molar-refractivity contribution in [2.45, 2.75) is 19.6 Å². The fraction of sp³-hybridized carbons (Fsp3) is 0.158. The van der Waals surface area contributed by atoms with E-state index in [1.54, 1.807) is 6.20 Å². The van der Waals surface area contributed by atoms with Gasteiger partial charge in [0.25, 0.3) is 5.91 Å². The second-order valence-corrected chi connectivity index (χ2v) is 7.08. The molecule has 160 valence electrons. The zero-order chi connectivity index (χ0) is 22.3. The Kier molecular flexibility index (Phi) is 5.13. The molecule has 0 radical (unpaired) electrons. The van der Waals surface area contributed by atoms with Crippen LogP contribution in [0.25, 0.3) is 5.65 Å². The highest BCUT2D eigenvalue weighted by atomic mass is 35.5. The summed E-state index contributed by atoms with van der Waals surface area (Å²) >= 11 is 6.00. The number of rotatable bonds is 4. The van der Waals surface area contributed by atoms with Gasteiger partial charge < -0.3 is 5.32 Å². The van der Waals surface area contributed by atoms with Gasteiger partial charge in [0.15, 0.2) is 17.2 Å². The van der Waals surface area contributed by atoms with E-state index < -0.39 is 23.6 Å². The number of aryl methyl sites for hydroxylation is 1. The highest BCUT2D eigenvalue weighted by molar-refractivity contribution is 6.31. The van der Waals surface area contributed by atoms with Crippen LogP contribution in [0.1, 0.15) is 27.4 Å². The average Bonchev–Trinajstić information content (AvgIpc) is 3.29. The maximum absolute atomic E-state index is 13.3. The highest BCUT2D eigenvalue weighted by Gasteiger charge is 2.35. The molecule has 0 spiro atoms. The van der Waals surface area contributed by atoms with Gasteiger partial charge in [0.05, 0.1) is 6.54 Å². The maximum atomic E-state index is 13.3. The smallest absolute Gasteiger partial charge is 0.304 e. The molecule has 0 saturated heterocycles. The first-order valence-corrected chi connectivity index (χ1v) is 9.21. The molecule has 1 aromatic carbocycles. The summed E-state index contributed by atoms with van der Waals surface area (Å²) in [6.07, 6.45) is -3.10. The number of carbonyl (C=O) groups excluding carboxylic acids is 1. The lowest BCUT2D eigenvalue weighted by Gasteiger charge is -2.09. The van der Waals surface area contributed by atoms with E-state index in [0.717, 1.165) is 12.1 Å². The molecule has 4 aromatic rings. The average molecular weight is 453 g/mol. The van der Waals surface area contributed by atoms with Crippen molar-refractivity contribution in [1.82, 2.24) is 24.4 Å². The van der Waals surface area contributed by atoms with Crippen molar-refractivity contribution in [3.63, 3.8) is 0 Å². The molecule has 0 fully saturated rings. The van der Waals surface area contributed by atoms with E-state index in [1.165, 1.54) is 35.9 Å². The molecule has 7 nitrogen and oxygen atoms in total. The molecule has 3 aromatic heterocycles. The number of halogens is 5. The minimum atomic E-state index is -4.66. The van der Waals surface area contributed by atoms with Gasteiger partial charge in [0.1, 0.15) is 11.5 Å². The van der Waals surface area contributed by atoms with Gasteiger partial charge in [-0.15, -0.1) is 0 Å². The highest BCUT2D eigenvalue weighted by Crippen LogP contribution is 2.30. The van der Waals surface area contributed by atoms with Gasteiger partial charge in [-0.3, -0.25) is 9.48 Å². The van der Waals surface area contributed by atoms with Crippen LogP contribution < -0.4 is 5.32 Å². The lowest BCUT2D eigenvalue weighted by molar-refractivity contribution is -0.142. The van der Waals surface area contributed by atoms with Crippen molar-refractivity contribution in [2.75, 3.05) is 5.32 Å². The molecule has 4 rings (SSSR count). The zero-order valence-electron chi connectivity index (χ0n) is 15.8. The second-order valence-electron chi connectivity index (χ2n) is 6.67. The first kappa shape index (κ1) is 20.8. The summed E-state index contributed by atoms with van der Waals surface area (Å²) in [7, 11) is 0. The normalized spacial score (nSPS) is 11.8. The number of fused-ring (bicyclic) bond motifs is 1. The Balaban J connectivity index is 1.54. The molecule has 0 aliphatic rings. The number of carbonyl (C=O) groups is 1. The van der Waals surface area contributed by atoms with Crippen molar-refractivity contribution >= 4 is 29.0 Å². The summed E-state index contributed by atoms with van der Waals surface area (Å²) in [5.41, 5.74) is -0.626. The van der Waals surface area contributed by atoms with E-state index in [9.17, 15) is 22.4 Å². The Labute approximate surface area is 177 Å². The van der Waals surface area contributed by atoms with Crippen molar-refractivity contribution in [1.29, 1.82) is 0 Å². The van der Waals surface area contributed by atoms with Gasteiger partial charge >= 0.3 is 6.18 Å². The van der Waals surface area contributed by atoms with Gasteiger partial charge in [-0.05, 0) is 30.7 Å². The number of alkyl halides is 3. The van der Waals surface area contributed by atoms with Crippen LogP contribution in [0.5, 0.6) is 0 Å². The minimum Gasteiger partial charge on any atom is -0.304 e. The van der Waals surface area contributed by atoms with E-state index >= 15 is 0 Å². The predicted molar refractivity (Wildman–Crippen MR) is 103 cm³/mol. The van der Waals surface area contributed by atoms with E-state index in [1.807, 2.05) is 0 Å². The maximum Gasteiger partial charge on any atom is 0.433 e. The SMILES string of the molecule is Cc1cc(C(F)(F)F)n2nc(C(=O)Nc3ccn(Cc4ccc(F)cc4Cl)n3)cc2n1. The molecule has 1 amide bonds. The van der Waals surface area contributed by atoms with Gasteiger partial charge in [0, 0.05) is 29.0 Å². The molecule has 1 N–H and O–H groups in total. The third-order valence-corrected chi connectivity index (χ3v) is 4.66. The first-order chi connectivity index (χ1) is 14.6. The van der Waals surface area contributed by atoms with E-state index in [0.29, 0.717) is 10.1 Å². The monoisotopic (exact) mass is 452 g/mol. The molecular formula is C19H13ClF4N6O. The van der Waals surface area contributed by atoms with Crippen LogP contribution in [0.2, 0.25) is 5.02 Å². The third-order valence-electron chi connectivity index (χ3n) is 4.31. The summed E-state index contributed by atoms with van der Waals surface area (Å²) in [5.74, 6) is -1.06. The first-order valence-electron chi connectivity index (χ1n) is 8.83. The summed E-state index contributed by atoms with van der Waals surface area (Å²) in [6, 6.07) is 7.46. The van der Waals surface area contributed by atoms with Crippen molar-refractivity contribution in [3.8, 4) is 0 Å². The van der Waals surface area contributed by atoms with Crippen LogP contribution >= 0.6 is 11.6 Å². The molecule has 0 unspecified atom stereocenters. The zero-order valence-corrected chi connectivity index (χ0v) is 16.5. The molecule has 12 heteroatoms. The van der Waals surface area contributed by atoms with Crippen molar-refractivity contribution in [3.05, 3.63) is 76.1 Å². The molecule has 0 aliphatic heterocycles. The lowest BCUT2D eigenvalue weighted by atomic mass is 10.2. The Morgan fingerprint density at radius 2 is 1.94 bits per heavy atom. The van der Waals surface area contributed by atoms with Crippen LogP contribution in [-0.2, 0) is 12.7 Å². The Morgan fingerprint density at radius 1 is 1.16 bits per heavy atom. The van der Waals surface area contributed by atoms with Crippen molar-refractivity contribution < 1.29 is 22.4 Å². The molecule has 3 heterocycles. The standard InChI is InChI=1S/C19H13ClF4N6O/c1-10-6-15(19(22,23)24)30-17(25-10)8-14(27-30)18(31)26-16-4-5-29(28-16)9-11-2-3-12(21)7-13(11)20/h2-8H,9H2,1H3,(H,26,28,31). The number of anilines is 1. The van der Waals surface area contributed by atoms with Crippen LogP contribution in [0.3, 0.4) is 0 Å². The molecule has 0 saturated carbocycles. The van der Waals surface area contributed by atoms with E-state index in [4.69, 9.17) is 11.6 Å². The van der Waals surface area contributed by atoms with Crippen molar-refractivity contribution in [2.24, 2.45) is 0 Å². The quantitative estimate of drug-likeness (QED) is 0.467. The number of aromatic nitrogens is 5. The molecule has 0 bridgehead atoms. The van der Waals surface area contributed by atoms with E-state index in [-0.39, 0.29) is 34.4 Å². The predicted octanol–water partition coefficient (Wildman–Crippen LogP) is 4.35. The van der Waals surface area contributed by atoms with Crippen LogP contribution in [0, 0.1) is 12.7 Å². The molecule has 0 atom stereocenters. The fourth-order valence-electron chi connectivity index (χ4n) is 2.93. The summed E-state index contributed by atoms with van der Waals surface area (Å²) in [6.45, 7) is 1.64. The Morgan fingerprint density at radius 3 is 2.65 bits per heavy atom. The molecule has 0 aliphatic carbocycles. The lowest BCUT2D eigenvalue weighted by Crippen LogP contribution is -2.16. The van der Waals surface area contributed by atoms with Gasteiger partial charge in [-0.25, -0.2) is 13.9 Å². The summed E-state index contributed by atoms with van der Waals surface area (Å²) in [5, 5.41) is 10.6. The van der Waals surface area contributed by atoms with Crippen LogP contribution in [0.4, 0.5) is 23.4 Å². The Bertz CT molecular complexity index is 1300. The fourth-order valence-corrected chi connectivity index (χ4v) is 3.16. The number of hydrogen-bond acceptors (Lipinski definition) is 4. The number of benzene rings is 1. The van der Waals surface area contributed by atoms with Gasteiger partial charge in [-0.1, -0.05) is 17.7 Å². The van der Waals surface area contributed by atoms with Crippen LogP contribution in [-0.4, -0.2) is 30.3 Å². The number of nitrogens with zero attached hydrogens (tertiary/aromatic N) is 5. The molecule has 31 heavy (non-hydrogen) atoms. The number of nitrogens with one attached hydrogen (secondary N) is 1.